The molecule has 0 atom stereocenters. The normalized spacial score (nSPS) is 12.0. The fourth-order valence-electron chi connectivity index (χ4n) is 1.32. The molecule has 0 saturated heterocycles. The average molecular weight is 451 g/mol. The Morgan fingerprint density at radius 3 is 1.95 bits per heavy atom. The third-order valence-corrected chi connectivity index (χ3v) is 4.22. The van der Waals surface area contributed by atoms with Gasteiger partial charge in [-0.2, -0.15) is 13.2 Å². The van der Waals surface area contributed by atoms with Crippen LogP contribution in [0.2, 0.25) is 0 Å². The predicted molar refractivity (Wildman–Crippen MR) is 76.3 cm³/mol. The summed E-state index contributed by atoms with van der Waals surface area (Å²) < 4.78 is 63.2. The monoisotopic (exact) mass is 449 g/mol. The highest BCUT2D eigenvalue weighted by Gasteiger charge is 2.36. The van der Waals surface area contributed by atoms with Crippen LogP contribution in [0.15, 0.2) is 39.5 Å². The van der Waals surface area contributed by atoms with Crippen LogP contribution in [-0.2, 0) is 17.2 Å². The summed E-state index contributed by atoms with van der Waals surface area (Å²) in [6.45, 7) is 0. The maximum Gasteiger partial charge on any atom is 0.485 e. The van der Waals surface area contributed by atoms with Crippen LogP contribution in [0.1, 0.15) is 0 Å². The number of nitrogens with zero attached hydrogens (tertiary/aromatic N) is 1. The lowest BCUT2D eigenvalue weighted by Crippen LogP contribution is -2.25. The van der Waals surface area contributed by atoms with E-state index >= 15 is 0 Å². The smallest absolute Gasteiger partial charge is 0.485 e. The summed E-state index contributed by atoms with van der Waals surface area (Å²) in [5, 5.41) is 2.45. The van der Waals surface area contributed by atoms with Gasteiger partial charge in [0.1, 0.15) is 7.05 Å². The van der Waals surface area contributed by atoms with Crippen molar-refractivity contribution < 1.29 is 30.7 Å². The van der Waals surface area contributed by atoms with Crippen LogP contribution >= 0.6 is 31.9 Å². The van der Waals surface area contributed by atoms with E-state index in [1.165, 1.54) is 10.8 Å². The molecule has 2 rings (SSSR count). The Morgan fingerprint density at radius 1 is 1.10 bits per heavy atom. The Balaban J connectivity index is 0.000000240. The molecular weight excluding hydrogens is 443 g/mol. The van der Waals surface area contributed by atoms with Crippen molar-refractivity contribution in [2.24, 2.45) is 7.05 Å². The van der Waals surface area contributed by atoms with Gasteiger partial charge in [0.25, 0.3) is 0 Å². The Hall–Kier alpha value is -0.710. The first-order chi connectivity index (χ1) is 9.43. The summed E-state index contributed by atoms with van der Waals surface area (Å²) in [7, 11) is -4.07. The predicted octanol–water partition coefficient (Wildman–Crippen LogP) is 3.24. The van der Waals surface area contributed by atoms with Gasteiger partial charge >= 0.3 is 5.51 Å². The lowest BCUT2D eigenvalue weighted by Gasteiger charge is -2.08. The molecule has 1 aromatic heterocycles. The second-order valence-corrected chi connectivity index (χ2v) is 6.95. The van der Waals surface area contributed by atoms with E-state index in [1.54, 1.807) is 0 Å². The van der Waals surface area contributed by atoms with Gasteiger partial charge in [0.15, 0.2) is 22.5 Å². The fraction of sp³-hybridized carbons (Fsp3) is 0.182. The topological polar surface area (TPSA) is 61.1 Å². The fourth-order valence-corrected chi connectivity index (χ4v) is 2.25. The first kappa shape index (κ1) is 18.3. The summed E-state index contributed by atoms with van der Waals surface area (Å²) in [6, 6.07) is 6.20. The van der Waals surface area contributed by atoms with Crippen molar-refractivity contribution in [1.82, 2.24) is 0 Å². The summed E-state index contributed by atoms with van der Waals surface area (Å²) in [5.74, 6) is 0. The zero-order chi connectivity index (χ0) is 16.4. The quantitative estimate of drug-likeness (QED) is 0.351. The minimum atomic E-state index is -6.09. The molecule has 1 heterocycles. The molecule has 0 aliphatic rings. The van der Waals surface area contributed by atoms with Gasteiger partial charge in [-0.05, 0) is 28.1 Å². The molecule has 0 aliphatic carbocycles. The minimum Gasteiger partial charge on any atom is -0.741 e. The number of benzene rings is 1. The molecule has 0 unspecified atom stereocenters. The van der Waals surface area contributed by atoms with E-state index in [0.717, 1.165) is 8.95 Å². The summed E-state index contributed by atoms with van der Waals surface area (Å²) in [4.78, 5) is 0. The van der Waals surface area contributed by atoms with E-state index in [-0.39, 0.29) is 0 Å². The SMILES string of the molecule is C[n+]1ccc2c(Br)ccc(Br)c2c1.O=S(=O)([O-])C(F)(F)F. The molecule has 0 saturated carbocycles. The van der Waals surface area contributed by atoms with Gasteiger partial charge in [0.05, 0.1) is 5.39 Å². The van der Waals surface area contributed by atoms with E-state index in [1.807, 2.05) is 29.9 Å². The van der Waals surface area contributed by atoms with Crippen molar-refractivity contribution in [3.05, 3.63) is 39.5 Å². The van der Waals surface area contributed by atoms with Crippen LogP contribution in [0.4, 0.5) is 13.2 Å². The van der Waals surface area contributed by atoms with Crippen LogP contribution in [0, 0.1) is 0 Å². The molecule has 0 aliphatic heterocycles. The lowest BCUT2D eigenvalue weighted by molar-refractivity contribution is -0.670. The van der Waals surface area contributed by atoms with Crippen LogP contribution < -0.4 is 4.57 Å². The van der Waals surface area contributed by atoms with Crippen molar-refractivity contribution in [2.75, 3.05) is 0 Å². The first-order valence-electron chi connectivity index (χ1n) is 5.18. The van der Waals surface area contributed by atoms with Gasteiger partial charge in [-0.15, -0.1) is 0 Å². The van der Waals surface area contributed by atoms with E-state index in [9.17, 15) is 13.2 Å². The van der Waals surface area contributed by atoms with Gasteiger partial charge in [-0.3, -0.25) is 0 Å². The number of hydrogen-bond donors (Lipinski definition) is 0. The largest absolute Gasteiger partial charge is 0.741 e. The Labute approximate surface area is 135 Å². The lowest BCUT2D eigenvalue weighted by atomic mass is 10.2. The van der Waals surface area contributed by atoms with E-state index in [2.05, 4.69) is 44.1 Å². The van der Waals surface area contributed by atoms with E-state index < -0.39 is 15.6 Å². The van der Waals surface area contributed by atoms with Gasteiger partial charge in [0, 0.05) is 20.4 Å². The third-order valence-electron chi connectivity index (χ3n) is 2.27. The maximum atomic E-state index is 10.7. The molecule has 10 heteroatoms. The molecule has 0 N–H and O–H groups in total. The number of alkyl halides is 3. The number of fused-ring (bicyclic) bond motifs is 1. The molecule has 4 nitrogen and oxygen atoms in total. The highest BCUT2D eigenvalue weighted by molar-refractivity contribution is 9.11. The van der Waals surface area contributed by atoms with Crippen LogP contribution in [0.25, 0.3) is 10.8 Å². The van der Waals surface area contributed by atoms with Crippen molar-refractivity contribution in [1.29, 1.82) is 0 Å². The number of rotatable bonds is 0. The molecule has 0 spiro atoms. The zero-order valence-electron chi connectivity index (χ0n) is 10.4. The van der Waals surface area contributed by atoms with Gasteiger partial charge in [-0.25, -0.2) is 13.0 Å². The first-order valence-corrected chi connectivity index (χ1v) is 8.18. The molecule has 116 valence electrons. The Bertz CT molecular complexity index is 763. The third kappa shape index (κ3) is 4.90. The molecule has 0 amide bonds. The van der Waals surface area contributed by atoms with Gasteiger partial charge in [-0.1, -0.05) is 15.9 Å². The average Bonchev–Trinajstić information content (AvgIpc) is 2.32. The highest BCUT2D eigenvalue weighted by Crippen LogP contribution is 2.28. The van der Waals surface area contributed by atoms with Crippen LogP contribution in [-0.4, -0.2) is 18.5 Å². The maximum absolute atomic E-state index is 10.7. The van der Waals surface area contributed by atoms with Crippen molar-refractivity contribution in [3.8, 4) is 0 Å². The van der Waals surface area contributed by atoms with Crippen LogP contribution in [0.5, 0.6) is 0 Å². The van der Waals surface area contributed by atoms with Gasteiger partial charge < -0.3 is 4.55 Å². The zero-order valence-corrected chi connectivity index (χ0v) is 14.3. The minimum absolute atomic E-state index is 1.13. The summed E-state index contributed by atoms with van der Waals surface area (Å²) in [6.07, 6.45) is 4.14. The molecule has 0 radical (unpaired) electrons. The van der Waals surface area contributed by atoms with E-state index in [0.29, 0.717) is 0 Å². The second-order valence-electron chi connectivity index (χ2n) is 3.87. The molecule has 2 aromatic rings. The number of halogens is 5. The Kier molecular flexibility index (Phi) is 5.76. The molecule has 0 fully saturated rings. The second kappa shape index (κ2) is 6.59. The number of aromatic nitrogens is 1. The molecule has 0 bridgehead atoms. The molecule has 1 aromatic carbocycles. The van der Waals surface area contributed by atoms with Crippen molar-refractivity contribution in [2.45, 2.75) is 5.51 Å². The summed E-state index contributed by atoms with van der Waals surface area (Å²) >= 11 is 7.06. The summed E-state index contributed by atoms with van der Waals surface area (Å²) in [5.41, 5.74) is -5.65. The number of hydrogen-bond acceptors (Lipinski definition) is 3. The highest BCUT2D eigenvalue weighted by atomic mass is 79.9. The van der Waals surface area contributed by atoms with Crippen molar-refractivity contribution >= 4 is 52.8 Å². The molecular formula is C11H8Br2F3NO3S. The van der Waals surface area contributed by atoms with Crippen molar-refractivity contribution in [3.63, 3.8) is 0 Å². The van der Waals surface area contributed by atoms with E-state index in [4.69, 9.17) is 13.0 Å². The molecule has 21 heavy (non-hydrogen) atoms. The number of pyridine rings is 1. The number of aryl methyl sites for hydroxylation is 1. The Morgan fingerprint density at radius 2 is 1.52 bits per heavy atom. The standard InChI is InChI=1S/C10H8Br2N.CHF3O3S/c1-13-5-4-7-8(6-13)10(12)3-2-9(7)11;2-1(3,4)8(5,6)7/h2-6H,1H3;(H,5,6,7)/q+1;/p-1. The van der Waals surface area contributed by atoms with Crippen LogP contribution in [0.3, 0.4) is 0 Å². The van der Waals surface area contributed by atoms with Gasteiger partial charge in [0.2, 0.25) is 0 Å².